The van der Waals surface area contributed by atoms with E-state index in [1.807, 2.05) is 32.0 Å². The van der Waals surface area contributed by atoms with Crippen molar-refractivity contribution < 1.29 is 13.2 Å². The Morgan fingerprint density at radius 1 is 1.00 bits per heavy atom. The standard InChI is InChI=1S/C24H21ClN2O3S/c1-16-7-12-21(17(2)13-16)26-14-23-24(28)20-5-3-4-6-22(20)27(31(23,29)30)15-18-8-10-19(25)11-9-18/h3-14,26H,15H2,1-2H3. The number of nitrogens with zero attached hydrogens (tertiary/aromatic N) is 1. The molecule has 0 spiro atoms. The van der Waals surface area contributed by atoms with Crippen molar-refractivity contribution in [2.75, 3.05) is 9.62 Å². The van der Waals surface area contributed by atoms with E-state index >= 15 is 0 Å². The van der Waals surface area contributed by atoms with Crippen molar-refractivity contribution in [2.45, 2.75) is 20.4 Å². The lowest BCUT2D eigenvalue weighted by Crippen LogP contribution is -2.39. The predicted octanol–water partition coefficient (Wildman–Crippen LogP) is 5.44. The lowest BCUT2D eigenvalue weighted by Gasteiger charge is -2.31. The van der Waals surface area contributed by atoms with Crippen molar-refractivity contribution in [1.82, 2.24) is 0 Å². The molecule has 0 unspecified atom stereocenters. The van der Waals surface area contributed by atoms with E-state index in [2.05, 4.69) is 5.32 Å². The number of anilines is 2. The van der Waals surface area contributed by atoms with Crippen molar-refractivity contribution in [3.63, 3.8) is 0 Å². The minimum absolute atomic E-state index is 0.0880. The predicted molar refractivity (Wildman–Crippen MR) is 125 cm³/mol. The van der Waals surface area contributed by atoms with Gasteiger partial charge in [0.25, 0.3) is 10.0 Å². The maximum atomic E-state index is 13.5. The molecule has 0 radical (unpaired) electrons. The lowest BCUT2D eigenvalue weighted by molar-refractivity contribution is 0.104. The molecule has 0 atom stereocenters. The van der Waals surface area contributed by atoms with Gasteiger partial charge in [-0.3, -0.25) is 9.10 Å². The SMILES string of the molecule is Cc1ccc(NC=C2C(=O)c3ccccc3N(Cc3ccc(Cl)cc3)S2(=O)=O)c(C)c1. The highest BCUT2D eigenvalue weighted by molar-refractivity contribution is 7.97. The number of hydrogen-bond donors (Lipinski definition) is 1. The molecule has 1 aliphatic heterocycles. The minimum atomic E-state index is -4.08. The Labute approximate surface area is 187 Å². The second kappa shape index (κ2) is 8.21. The average Bonchev–Trinajstić information content (AvgIpc) is 2.73. The zero-order valence-electron chi connectivity index (χ0n) is 17.1. The zero-order chi connectivity index (χ0) is 22.2. The number of fused-ring (bicyclic) bond motifs is 1. The quantitative estimate of drug-likeness (QED) is 0.535. The molecule has 0 saturated carbocycles. The molecule has 5 nitrogen and oxygen atoms in total. The first kappa shape index (κ1) is 21.2. The summed E-state index contributed by atoms with van der Waals surface area (Å²) in [4.78, 5) is 12.8. The number of carbonyl (C=O) groups is 1. The van der Waals surface area contributed by atoms with Crippen molar-refractivity contribution in [3.8, 4) is 0 Å². The largest absolute Gasteiger partial charge is 0.360 e. The van der Waals surface area contributed by atoms with Gasteiger partial charge in [0.05, 0.1) is 12.2 Å². The van der Waals surface area contributed by atoms with E-state index in [0.29, 0.717) is 16.3 Å². The fourth-order valence-electron chi connectivity index (χ4n) is 3.57. The summed E-state index contributed by atoms with van der Waals surface area (Å²) in [6.07, 6.45) is 1.29. The summed E-state index contributed by atoms with van der Waals surface area (Å²) >= 11 is 5.96. The summed E-state index contributed by atoms with van der Waals surface area (Å²) in [5.74, 6) is -0.528. The molecular weight excluding hydrogens is 432 g/mol. The summed E-state index contributed by atoms with van der Waals surface area (Å²) in [6.45, 7) is 3.99. The number of allylic oxidation sites excluding steroid dienone is 1. The second-order valence-electron chi connectivity index (χ2n) is 7.46. The molecule has 0 fully saturated rings. The Bertz CT molecular complexity index is 1300. The minimum Gasteiger partial charge on any atom is -0.360 e. The summed E-state index contributed by atoms with van der Waals surface area (Å²) in [6, 6.07) is 19.5. The Kier molecular flexibility index (Phi) is 5.60. The number of halogens is 1. The molecule has 0 bridgehead atoms. The number of Topliss-reactive ketones (excluding diaryl/α,β-unsaturated/α-hetero) is 1. The van der Waals surface area contributed by atoms with Gasteiger partial charge in [-0.25, -0.2) is 8.42 Å². The first-order valence-corrected chi connectivity index (χ1v) is 11.5. The molecule has 0 amide bonds. The van der Waals surface area contributed by atoms with Crippen molar-refractivity contribution in [1.29, 1.82) is 0 Å². The third-order valence-electron chi connectivity index (χ3n) is 5.19. The van der Waals surface area contributed by atoms with Crippen LogP contribution in [-0.4, -0.2) is 14.2 Å². The van der Waals surface area contributed by atoms with Crippen LogP contribution in [0.25, 0.3) is 0 Å². The van der Waals surface area contributed by atoms with Gasteiger partial charge in [-0.15, -0.1) is 0 Å². The Morgan fingerprint density at radius 3 is 2.42 bits per heavy atom. The lowest BCUT2D eigenvalue weighted by atomic mass is 10.1. The maximum Gasteiger partial charge on any atom is 0.270 e. The molecule has 158 valence electrons. The van der Waals surface area contributed by atoms with E-state index in [9.17, 15) is 13.2 Å². The van der Waals surface area contributed by atoms with Crippen LogP contribution < -0.4 is 9.62 Å². The number of carbonyl (C=O) groups excluding carboxylic acids is 1. The first-order chi connectivity index (χ1) is 14.8. The molecule has 0 aromatic heterocycles. The number of nitrogens with one attached hydrogen (secondary N) is 1. The normalized spacial score (nSPS) is 16.3. The van der Waals surface area contributed by atoms with Gasteiger partial charge in [0, 0.05) is 22.5 Å². The van der Waals surface area contributed by atoms with Gasteiger partial charge >= 0.3 is 0 Å². The molecular formula is C24H21ClN2O3S. The molecule has 3 aromatic carbocycles. The van der Waals surface area contributed by atoms with Crippen LogP contribution >= 0.6 is 11.6 Å². The van der Waals surface area contributed by atoms with Gasteiger partial charge in [0.15, 0.2) is 4.91 Å². The first-order valence-electron chi connectivity index (χ1n) is 9.72. The van der Waals surface area contributed by atoms with Gasteiger partial charge in [0.2, 0.25) is 5.78 Å². The van der Waals surface area contributed by atoms with E-state index in [0.717, 1.165) is 22.4 Å². The van der Waals surface area contributed by atoms with E-state index in [1.54, 1.807) is 48.5 Å². The van der Waals surface area contributed by atoms with E-state index in [-0.39, 0.29) is 11.4 Å². The molecule has 1 aliphatic rings. The topological polar surface area (TPSA) is 66.5 Å². The van der Waals surface area contributed by atoms with E-state index in [4.69, 9.17) is 11.6 Å². The third kappa shape index (κ3) is 4.09. The van der Waals surface area contributed by atoms with Crippen LogP contribution in [-0.2, 0) is 16.6 Å². The molecule has 0 saturated heterocycles. The number of aryl methyl sites for hydroxylation is 2. The summed E-state index contributed by atoms with van der Waals surface area (Å²) in [5.41, 5.74) is 4.27. The smallest absolute Gasteiger partial charge is 0.270 e. The number of ketones is 1. The molecule has 1 N–H and O–H groups in total. The van der Waals surface area contributed by atoms with E-state index < -0.39 is 15.8 Å². The van der Waals surface area contributed by atoms with Crippen LogP contribution in [0.4, 0.5) is 11.4 Å². The molecule has 7 heteroatoms. The maximum absolute atomic E-state index is 13.5. The molecule has 0 aliphatic carbocycles. The molecule has 3 aromatic rings. The van der Waals surface area contributed by atoms with Crippen molar-refractivity contribution >= 4 is 38.8 Å². The summed E-state index contributed by atoms with van der Waals surface area (Å²) < 4.78 is 28.2. The molecule has 31 heavy (non-hydrogen) atoms. The Morgan fingerprint density at radius 2 is 1.71 bits per heavy atom. The number of rotatable bonds is 4. The highest BCUT2D eigenvalue weighted by Crippen LogP contribution is 2.36. The fraction of sp³-hybridized carbons (Fsp3) is 0.125. The van der Waals surface area contributed by atoms with Crippen LogP contribution in [0.2, 0.25) is 5.02 Å². The molecule has 1 heterocycles. The number of para-hydroxylation sites is 1. The van der Waals surface area contributed by atoms with Gasteiger partial charge in [0.1, 0.15) is 0 Å². The van der Waals surface area contributed by atoms with Crippen LogP contribution in [0.15, 0.2) is 77.8 Å². The fourth-order valence-corrected chi connectivity index (χ4v) is 5.22. The monoisotopic (exact) mass is 452 g/mol. The number of benzene rings is 3. The van der Waals surface area contributed by atoms with Gasteiger partial charge in [-0.1, -0.05) is 53.6 Å². The molecule has 4 rings (SSSR count). The van der Waals surface area contributed by atoms with Crippen LogP contribution in [0.5, 0.6) is 0 Å². The third-order valence-corrected chi connectivity index (χ3v) is 7.21. The van der Waals surface area contributed by atoms with E-state index in [1.165, 1.54) is 10.5 Å². The highest BCUT2D eigenvalue weighted by atomic mass is 35.5. The van der Waals surface area contributed by atoms with Crippen LogP contribution in [0.3, 0.4) is 0 Å². The van der Waals surface area contributed by atoms with Crippen molar-refractivity contribution in [2.24, 2.45) is 0 Å². The van der Waals surface area contributed by atoms with Gasteiger partial charge in [-0.05, 0) is 55.3 Å². The zero-order valence-corrected chi connectivity index (χ0v) is 18.7. The highest BCUT2D eigenvalue weighted by Gasteiger charge is 2.40. The van der Waals surface area contributed by atoms with Crippen LogP contribution in [0.1, 0.15) is 27.0 Å². The summed E-state index contributed by atoms with van der Waals surface area (Å²) in [7, 11) is -4.08. The van der Waals surface area contributed by atoms with Gasteiger partial charge in [-0.2, -0.15) is 0 Å². The summed E-state index contributed by atoms with van der Waals surface area (Å²) in [5, 5.41) is 3.58. The number of sulfonamides is 1. The van der Waals surface area contributed by atoms with Crippen molar-refractivity contribution in [3.05, 3.63) is 105 Å². The van der Waals surface area contributed by atoms with Gasteiger partial charge < -0.3 is 5.32 Å². The Balaban J connectivity index is 1.78. The number of hydrogen-bond acceptors (Lipinski definition) is 4. The Hall–Kier alpha value is -3.09. The van der Waals surface area contributed by atoms with Crippen LogP contribution in [0, 0.1) is 13.8 Å². The second-order valence-corrected chi connectivity index (χ2v) is 9.72. The average molecular weight is 453 g/mol.